The Morgan fingerprint density at radius 2 is 1.66 bits per heavy atom. The van der Waals surface area contributed by atoms with Gasteiger partial charge in [-0.1, -0.05) is 40.5 Å². The molecule has 4 rings (SSSR count). The minimum atomic E-state index is 0.670. The Labute approximate surface area is 174 Å². The van der Waals surface area contributed by atoms with Gasteiger partial charge in [-0.05, 0) is 32.0 Å². The van der Waals surface area contributed by atoms with Gasteiger partial charge in [0.05, 0.1) is 6.20 Å². The van der Waals surface area contributed by atoms with E-state index in [0.717, 1.165) is 23.3 Å². The summed E-state index contributed by atoms with van der Waals surface area (Å²) in [5, 5.41) is 4.21. The van der Waals surface area contributed by atoms with E-state index in [9.17, 15) is 0 Å². The van der Waals surface area contributed by atoms with E-state index in [1.165, 1.54) is 38.8 Å². The van der Waals surface area contributed by atoms with Crippen LogP contribution in [-0.4, -0.2) is 50.7 Å². The first-order chi connectivity index (χ1) is 14.3. The van der Waals surface area contributed by atoms with Crippen LogP contribution in [-0.2, 0) is 0 Å². The van der Waals surface area contributed by atoms with Crippen molar-refractivity contribution in [3.05, 3.63) is 43.0 Å². The molecule has 3 aromatic rings. The Morgan fingerprint density at radius 3 is 2.34 bits per heavy atom. The molecule has 1 aliphatic heterocycles. The van der Waals surface area contributed by atoms with Gasteiger partial charge >= 0.3 is 0 Å². The van der Waals surface area contributed by atoms with Crippen LogP contribution in [0.2, 0.25) is 0 Å². The molecule has 6 nitrogen and oxygen atoms in total. The molecule has 1 saturated heterocycles. The summed E-state index contributed by atoms with van der Waals surface area (Å²) in [4.78, 5) is 11.2. The lowest BCUT2D eigenvalue weighted by Gasteiger charge is -2.26. The Hall–Kier alpha value is -2.47. The lowest BCUT2D eigenvalue weighted by Crippen LogP contribution is -2.33. The highest BCUT2D eigenvalue weighted by molar-refractivity contribution is 5.62. The van der Waals surface area contributed by atoms with Gasteiger partial charge in [0.2, 0.25) is 5.88 Å². The van der Waals surface area contributed by atoms with Crippen LogP contribution in [0.25, 0.3) is 16.8 Å². The summed E-state index contributed by atoms with van der Waals surface area (Å²) in [6, 6.07) is 5.80. The average molecular weight is 398 g/mol. The van der Waals surface area contributed by atoms with Crippen molar-refractivity contribution >= 4 is 5.65 Å². The van der Waals surface area contributed by atoms with Crippen molar-refractivity contribution in [2.45, 2.75) is 53.4 Å². The summed E-state index contributed by atoms with van der Waals surface area (Å²) >= 11 is 0. The molecule has 1 aliphatic rings. The van der Waals surface area contributed by atoms with Crippen molar-refractivity contribution in [1.29, 1.82) is 0 Å². The second kappa shape index (κ2) is 12.9. The van der Waals surface area contributed by atoms with E-state index >= 15 is 0 Å². The van der Waals surface area contributed by atoms with E-state index in [4.69, 9.17) is 4.74 Å². The molecule has 0 aliphatic carbocycles. The number of hydrogen-bond donors (Lipinski definition) is 0. The van der Waals surface area contributed by atoms with Gasteiger partial charge in [-0.15, -0.1) is 0 Å². The van der Waals surface area contributed by atoms with Crippen LogP contribution in [0, 0.1) is 0 Å². The van der Waals surface area contributed by atoms with Crippen LogP contribution < -0.4 is 4.74 Å². The number of ether oxygens (including phenoxy) is 1. The minimum Gasteiger partial charge on any atom is -0.476 e. The Kier molecular flexibility index (Phi) is 10.1. The van der Waals surface area contributed by atoms with Gasteiger partial charge in [0.25, 0.3) is 0 Å². The molecule has 0 N–H and O–H groups in total. The van der Waals surface area contributed by atoms with Gasteiger partial charge in [-0.2, -0.15) is 5.10 Å². The van der Waals surface area contributed by atoms with Crippen LogP contribution in [0.15, 0.2) is 43.0 Å². The summed E-state index contributed by atoms with van der Waals surface area (Å²) in [5.41, 5.74) is 2.83. The molecule has 0 unspecified atom stereocenters. The average Bonchev–Trinajstić information content (AvgIpc) is 3.25. The quantitative estimate of drug-likeness (QED) is 0.599. The highest BCUT2D eigenvalue weighted by Crippen LogP contribution is 2.20. The molecule has 0 spiro atoms. The van der Waals surface area contributed by atoms with Crippen LogP contribution >= 0.6 is 0 Å². The molecular weight excluding hydrogens is 362 g/mol. The van der Waals surface area contributed by atoms with Crippen molar-refractivity contribution in [2.75, 3.05) is 26.2 Å². The zero-order chi connectivity index (χ0) is 20.9. The summed E-state index contributed by atoms with van der Waals surface area (Å²) in [6.07, 6.45) is 12.6. The number of piperidine rings is 1. The highest BCUT2D eigenvalue weighted by atomic mass is 16.5. The zero-order valence-corrected chi connectivity index (χ0v) is 18.3. The molecule has 158 valence electrons. The predicted octanol–water partition coefficient (Wildman–Crippen LogP) is 5.10. The fraction of sp³-hybridized carbons (Fsp3) is 0.522. The maximum atomic E-state index is 5.77. The first-order valence-corrected chi connectivity index (χ1v) is 10.9. The Bertz CT molecular complexity index is 810. The summed E-state index contributed by atoms with van der Waals surface area (Å²) in [5.74, 6) is 0.670. The summed E-state index contributed by atoms with van der Waals surface area (Å²) in [7, 11) is 0. The largest absolute Gasteiger partial charge is 0.476 e. The lowest BCUT2D eigenvalue weighted by molar-refractivity contribution is 0.180. The molecule has 4 heterocycles. The third kappa shape index (κ3) is 7.13. The first kappa shape index (κ1) is 22.8. The van der Waals surface area contributed by atoms with Gasteiger partial charge in [-0.3, -0.25) is 4.90 Å². The molecule has 0 amide bonds. The normalized spacial score (nSPS) is 13.8. The summed E-state index contributed by atoms with van der Waals surface area (Å²) < 4.78 is 7.53. The second-order valence-corrected chi connectivity index (χ2v) is 6.82. The van der Waals surface area contributed by atoms with Gasteiger partial charge in [0, 0.05) is 48.4 Å². The summed E-state index contributed by atoms with van der Waals surface area (Å²) in [6.45, 7) is 12.3. The van der Waals surface area contributed by atoms with Crippen molar-refractivity contribution in [3.8, 4) is 17.0 Å². The number of pyridine rings is 1. The van der Waals surface area contributed by atoms with Crippen LogP contribution in [0.1, 0.15) is 53.4 Å². The van der Waals surface area contributed by atoms with E-state index < -0.39 is 0 Å². The fourth-order valence-corrected chi connectivity index (χ4v) is 3.06. The predicted molar refractivity (Wildman–Crippen MR) is 119 cm³/mol. The van der Waals surface area contributed by atoms with Crippen molar-refractivity contribution in [1.82, 2.24) is 24.5 Å². The van der Waals surface area contributed by atoms with Gasteiger partial charge < -0.3 is 4.74 Å². The monoisotopic (exact) mass is 397 g/mol. The third-order valence-corrected chi connectivity index (χ3v) is 4.42. The van der Waals surface area contributed by atoms with Crippen molar-refractivity contribution in [2.24, 2.45) is 0 Å². The molecule has 1 fully saturated rings. The third-order valence-electron chi connectivity index (χ3n) is 4.42. The molecule has 0 aromatic carbocycles. The van der Waals surface area contributed by atoms with E-state index in [2.05, 4.69) is 33.8 Å². The maximum Gasteiger partial charge on any atom is 0.213 e. The van der Waals surface area contributed by atoms with Crippen molar-refractivity contribution in [3.63, 3.8) is 0 Å². The SMILES string of the molecule is CC.CCC.c1cc2ncc(-c3ccc(OCCN4CCCCC4)nc3)cn2n1. The van der Waals surface area contributed by atoms with Crippen LogP contribution in [0.4, 0.5) is 0 Å². The molecule has 0 atom stereocenters. The fourth-order valence-electron chi connectivity index (χ4n) is 3.06. The second-order valence-electron chi connectivity index (χ2n) is 6.82. The van der Waals surface area contributed by atoms with E-state index in [1.807, 2.05) is 50.6 Å². The molecule has 29 heavy (non-hydrogen) atoms. The number of rotatable bonds is 5. The molecule has 3 aromatic heterocycles. The number of likely N-dealkylation sites (tertiary alicyclic amines) is 1. The Morgan fingerprint density at radius 1 is 0.931 bits per heavy atom. The number of aromatic nitrogens is 4. The molecular formula is C23H35N5O. The van der Waals surface area contributed by atoms with Gasteiger partial charge in [-0.25, -0.2) is 14.5 Å². The standard InChI is InChI=1S/C18H21N5O.C3H8.C2H6/c1-2-8-22(9-3-1)10-11-24-18-5-4-15(12-20-18)16-13-19-17-6-7-21-23(17)14-16;1-3-2;1-2/h4-7,12-14H,1-3,8-11H2;3H2,1-2H3;1-2H3. The van der Waals surface area contributed by atoms with Gasteiger partial charge in [0.15, 0.2) is 5.65 Å². The molecule has 6 heteroatoms. The highest BCUT2D eigenvalue weighted by Gasteiger charge is 2.09. The molecule has 0 radical (unpaired) electrons. The van der Waals surface area contributed by atoms with E-state index in [1.54, 1.807) is 10.7 Å². The lowest BCUT2D eigenvalue weighted by atomic mass is 10.1. The molecule has 0 saturated carbocycles. The first-order valence-electron chi connectivity index (χ1n) is 10.9. The Balaban J connectivity index is 0.000000551. The molecule has 0 bridgehead atoms. The zero-order valence-electron chi connectivity index (χ0n) is 18.3. The number of hydrogen-bond acceptors (Lipinski definition) is 5. The number of nitrogens with zero attached hydrogens (tertiary/aromatic N) is 5. The van der Waals surface area contributed by atoms with Crippen LogP contribution in [0.5, 0.6) is 5.88 Å². The smallest absolute Gasteiger partial charge is 0.213 e. The van der Waals surface area contributed by atoms with Crippen LogP contribution in [0.3, 0.4) is 0 Å². The van der Waals surface area contributed by atoms with E-state index in [-0.39, 0.29) is 0 Å². The van der Waals surface area contributed by atoms with Gasteiger partial charge in [0.1, 0.15) is 6.61 Å². The minimum absolute atomic E-state index is 0.670. The van der Waals surface area contributed by atoms with Crippen molar-refractivity contribution < 1.29 is 4.74 Å². The topological polar surface area (TPSA) is 55.5 Å². The maximum absolute atomic E-state index is 5.77. The number of fused-ring (bicyclic) bond motifs is 1. The van der Waals surface area contributed by atoms with E-state index in [0.29, 0.717) is 12.5 Å².